The molecule has 0 spiro atoms. The van der Waals surface area contributed by atoms with Crippen LogP contribution in [0.4, 0.5) is 0 Å². The normalized spacial score (nSPS) is 24.0. The number of carbonyl (C=O) groups is 2. The molecule has 6 nitrogen and oxygen atoms in total. The van der Waals surface area contributed by atoms with Crippen molar-refractivity contribution in [2.45, 2.75) is 38.1 Å². The van der Waals surface area contributed by atoms with Crippen LogP contribution in [0, 0.1) is 6.92 Å². The quantitative estimate of drug-likeness (QED) is 0.871. The lowest BCUT2D eigenvalue weighted by atomic mass is 10.1. The summed E-state index contributed by atoms with van der Waals surface area (Å²) in [4.78, 5) is 33.4. The van der Waals surface area contributed by atoms with Crippen LogP contribution in [0.15, 0.2) is 18.3 Å². The third-order valence-corrected chi connectivity index (χ3v) is 6.34. The number of nitrogens with zero attached hydrogens (tertiary/aromatic N) is 3. The molecule has 136 valence electrons. The van der Waals surface area contributed by atoms with Crippen molar-refractivity contribution in [1.29, 1.82) is 0 Å². The van der Waals surface area contributed by atoms with E-state index < -0.39 is 10.8 Å². The van der Waals surface area contributed by atoms with E-state index in [2.05, 4.69) is 28.2 Å². The van der Waals surface area contributed by atoms with E-state index >= 15 is 0 Å². The van der Waals surface area contributed by atoms with Gasteiger partial charge in [-0.25, -0.2) is 0 Å². The lowest BCUT2D eigenvalue weighted by molar-refractivity contribution is -0.138. The summed E-state index contributed by atoms with van der Waals surface area (Å²) in [5, 5.41) is 2.89. The van der Waals surface area contributed by atoms with Gasteiger partial charge in [-0.15, -0.1) is 11.8 Å². The topological polar surface area (TPSA) is 65.5 Å². The van der Waals surface area contributed by atoms with Crippen LogP contribution >= 0.6 is 11.8 Å². The van der Waals surface area contributed by atoms with Crippen LogP contribution in [-0.2, 0) is 16.1 Å². The molecule has 2 saturated heterocycles. The van der Waals surface area contributed by atoms with Crippen molar-refractivity contribution in [2.24, 2.45) is 0 Å². The van der Waals surface area contributed by atoms with E-state index in [1.54, 1.807) is 11.8 Å². The second-order valence-corrected chi connectivity index (χ2v) is 8.86. The minimum atomic E-state index is -0.448. The lowest BCUT2D eigenvalue weighted by Gasteiger charge is -2.39. The van der Waals surface area contributed by atoms with Gasteiger partial charge >= 0.3 is 0 Å². The maximum Gasteiger partial charge on any atom is 0.246 e. The zero-order valence-electron chi connectivity index (χ0n) is 15.1. The maximum atomic E-state index is 12.7. The number of amides is 2. The van der Waals surface area contributed by atoms with Gasteiger partial charge in [0.05, 0.1) is 10.4 Å². The number of thioether (sulfide) groups is 1. The van der Waals surface area contributed by atoms with E-state index in [-0.39, 0.29) is 11.8 Å². The Morgan fingerprint density at radius 3 is 2.72 bits per heavy atom. The molecule has 0 bridgehead atoms. The van der Waals surface area contributed by atoms with Crippen LogP contribution in [0.1, 0.15) is 25.1 Å². The van der Waals surface area contributed by atoms with Gasteiger partial charge in [-0.2, -0.15) is 0 Å². The van der Waals surface area contributed by atoms with E-state index in [0.29, 0.717) is 18.8 Å². The minimum absolute atomic E-state index is 0.0463. The number of hydrogen-bond donors (Lipinski definition) is 1. The van der Waals surface area contributed by atoms with Crippen molar-refractivity contribution < 1.29 is 9.59 Å². The Bertz CT molecular complexity index is 656. The smallest absolute Gasteiger partial charge is 0.246 e. The molecule has 3 rings (SSSR count). The fourth-order valence-corrected chi connectivity index (χ4v) is 4.11. The molecule has 0 unspecified atom stereocenters. The van der Waals surface area contributed by atoms with E-state index in [9.17, 15) is 9.59 Å². The molecule has 0 aromatic carbocycles. The Morgan fingerprint density at radius 1 is 1.36 bits per heavy atom. The SMILES string of the molecule is Cc1cccnc1CN1CCN(C(=O)[C@@H]2CSC(C)(C)C(=O)N2)CC1. The molecular formula is C18H26N4O2S. The van der Waals surface area contributed by atoms with Gasteiger partial charge in [0.1, 0.15) is 6.04 Å². The molecule has 3 heterocycles. The molecule has 2 aliphatic rings. The summed E-state index contributed by atoms with van der Waals surface area (Å²) in [6.07, 6.45) is 1.83. The van der Waals surface area contributed by atoms with Crippen LogP contribution < -0.4 is 5.32 Å². The highest BCUT2D eigenvalue weighted by atomic mass is 32.2. The van der Waals surface area contributed by atoms with E-state index in [1.807, 2.05) is 31.0 Å². The summed E-state index contributed by atoms with van der Waals surface area (Å²) in [7, 11) is 0. The monoisotopic (exact) mass is 362 g/mol. The van der Waals surface area contributed by atoms with Gasteiger partial charge < -0.3 is 10.2 Å². The fourth-order valence-electron chi connectivity index (χ4n) is 3.11. The fraction of sp³-hybridized carbons (Fsp3) is 0.611. The maximum absolute atomic E-state index is 12.7. The molecule has 2 amide bonds. The first-order chi connectivity index (χ1) is 11.9. The van der Waals surface area contributed by atoms with Crippen LogP contribution in [0.3, 0.4) is 0 Å². The molecule has 0 aliphatic carbocycles. The highest BCUT2D eigenvalue weighted by molar-refractivity contribution is 8.01. The van der Waals surface area contributed by atoms with Crippen LogP contribution in [0.5, 0.6) is 0 Å². The van der Waals surface area contributed by atoms with E-state index in [1.165, 1.54) is 5.56 Å². The number of aromatic nitrogens is 1. The number of nitrogens with one attached hydrogen (secondary N) is 1. The largest absolute Gasteiger partial charge is 0.342 e. The number of piperazine rings is 1. The second-order valence-electron chi connectivity index (χ2n) is 7.22. The molecular weight excluding hydrogens is 336 g/mol. The molecule has 1 atom stereocenters. The first kappa shape index (κ1) is 18.2. The Balaban J connectivity index is 1.51. The molecule has 1 aromatic rings. The Hall–Kier alpha value is -1.60. The Labute approximate surface area is 153 Å². The number of aryl methyl sites for hydroxylation is 1. The van der Waals surface area contributed by atoms with Crippen LogP contribution in [-0.4, -0.2) is 69.3 Å². The third-order valence-electron chi connectivity index (χ3n) is 4.94. The van der Waals surface area contributed by atoms with Gasteiger partial charge in [0.25, 0.3) is 0 Å². The predicted molar refractivity (Wildman–Crippen MR) is 99.3 cm³/mol. The molecule has 7 heteroatoms. The first-order valence-electron chi connectivity index (χ1n) is 8.73. The third kappa shape index (κ3) is 4.15. The summed E-state index contributed by atoms with van der Waals surface area (Å²) in [5.74, 6) is 0.640. The molecule has 1 aromatic heterocycles. The predicted octanol–water partition coefficient (Wildman–Crippen LogP) is 1.04. The van der Waals surface area contributed by atoms with Crippen molar-refractivity contribution in [1.82, 2.24) is 20.1 Å². The van der Waals surface area contributed by atoms with Gasteiger partial charge in [-0.3, -0.25) is 19.5 Å². The average Bonchev–Trinajstić information content (AvgIpc) is 2.59. The van der Waals surface area contributed by atoms with Gasteiger partial charge in [0.2, 0.25) is 11.8 Å². The van der Waals surface area contributed by atoms with Gasteiger partial charge in [-0.1, -0.05) is 6.07 Å². The summed E-state index contributed by atoms with van der Waals surface area (Å²) in [5.41, 5.74) is 2.30. The Kier molecular flexibility index (Phi) is 5.34. The molecule has 2 fully saturated rings. The summed E-state index contributed by atoms with van der Waals surface area (Å²) in [6.45, 7) is 9.75. The number of pyridine rings is 1. The first-order valence-corrected chi connectivity index (χ1v) is 9.72. The lowest BCUT2D eigenvalue weighted by Crippen LogP contribution is -2.60. The van der Waals surface area contributed by atoms with Crippen molar-refractivity contribution in [3.05, 3.63) is 29.6 Å². The highest BCUT2D eigenvalue weighted by Crippen LogP contribution is 2.29. The van der Waals surface area contributed by atoms with Gasteiger partial charge in [0, 0.05) is 44.7 Å². The molecule has 0 saturated carbocycles. The summed E-state index contributed by atoms with van der Waals surface area (Å²) >= 11 is 1.55. The molecule has 2 aliphatic heterocycles. The average molecular weight is 362 g/mol. The highest BCUT2D eigenvalue weighted by Gasteiger charge is 2.39. The van der Waals surface area contributed by atoms with Crippen molar-refractivity contribution in [2.75, 3.05) is 31.9 Å². The number of carbonyl (C=O) groups excluding carboxylic acids is 2. The Morgan fingerprint density at radius 2 is 2.08 bits per heavy atom. The van der Waals surface area contributed by atoms with E-state index in [4.69, 9.17) is 0 Å². The van der Waals surface area contributed by atoms with Crippen LogP contribution in [0.2, 0.25) is 0 Å². The van der Waals surface area contributed by atoms with Gasteiger partial charge in [-0.05, 0) is 32.4 Å². The molecule has 25 heavy (non-hydrogen) atoms. The summed E-state index contributed by atoms with van der Waals surface area (Å²) in [6, 6.07) is 3.63. The number of hydrogen-bond acceptors (Lipinski definition) is 5. The van der Waals surface area contributed by atoms with E-state index in [0.717, 1.165) is 25.3 Å². The van der Waals surface area contributed by atoms with Crippen molar-refractivity contribution >= 4 is 23.6 Å². The minimum Gasteiger partial charge on any atom is -0.342 e. The zero-order valence-corrected chi connectivity index (χ0v) is 15.9. The van der Waals surface area contributed by atoms with Crippen molar-refractivity contribution in [3.8, 4) is 0 Å². The zero-order chi connectivity index (χ0) is 18.0. The number of rotatable bonds is 3. The molecule has 1 N–H and O–H groups in total. The standard InChI is InChI=1S/C18H26N4O2S/c1-13-5-4-6-19-14(13)11-21-7-9-22(10-8-21)16(23)15-12-25-18(2,3)17(24)20-15/h4-6,15H,7-12H2,1-3H3,(H,20,24)/t15-/m0/s1. The summed E-state index contributed by atoms with van der Waals surface area (Å²) < 4.78 is -0.448. The molecule has 0 radical (unpaired) electrons. The second kappa shape index (κ2) is 7.33. The van der Waals surface area contributed by atoms with Crippen LogP contribution in [0.25, 0.3) is 0 Å². The van der Waals surface area contributed by atoms with Crippen molar-refractivity contribution in [3.63, 3.8) is 0 Å². The van der Waals surface area contributed by atoms with Gasteiger partial charge in [0.15, 0.2) is 0 Å².